The van der Waals surface area contributed by atoms with Gasteiger partial charge in [0.2, 0.25) is 5.91 Å². The Morgan fingerprint density at radius 1 is 1.35 bits per heavy atom. The molecule has 1 aromatic carbocycles. The van der Waals surface area contributed by atoms with E-state index in [1.54, 1.807) is 0 Å². The van der Waals surface area contributed by atoms with Crippen molar-refractivity contribution in [1.82, 2.24) is 10.2 Å². The Balaban J connectivity index is 1.92. The van der Waals surface area contributed by atoms with E-state index >= 15 is 0 Å². The van der Waals surface area contributed by atoms with E-state index in [4.69, 9.17) is 4.74 Å². The van der Waals surface area contributed by atoms with Crippen molar-refractivity contribution in [1.29, 1.82) is 0 Å². The summed E-state index contributed by atoms with van der Waals surface area (Å²) in [5, 5.41) is 3.29. The lowest BCUT2D eigenvalue weighted by Crippen LogP contribution is -2.42. The third-order valence-corrected chi connectivity index (χ3v) is 3.53. The van der Waals surface area contributed by atoms with Crippen molar-refractivity contribution in [3.63, 3.8) is 0 Å². The number of ether oxygens (including phenoxy) is 1. The van der Waals surface area contributed by atoms with Gasteiger partial charge in [-0.05, 0) is 32.8 Å². The van der Waals surface area contributed by atoms with Crippen LogP contribution in [0.25, 0.3) is 0 Å². The minimum Gasteiger partial charge on any atom is -0.374 e. The molecular weight excluding hydrogens is 252 g/mol. The summed E-state index contributed by atoms with van der Waals surface area (Å²) >= 11 is 0. The molecule has 1 N–H and O–H groups in total. The molecule has 1 aliphatic rings. The zero-order valence-corrected chi connectivity index (χ0v) is 12.6. The summed E-state index contributed by atoms with van der Waals surface area (Å²) < 4.78 is 5.67. The zero-order valence-electron chi connectivity index (χ0n) is 12.6. The van der Waals surface area contributed by atoms with Gasteiger partial charge in [0.05, 0.1) is 24.9 Å². The number of hydrogen-bond acceptors (Lipinski definition) is 3. The van der Waals surface area contributed by atoms with Gasteiger partial charge in [-0.2, -0.15) is 0 Å². The number of nitrogens with zero attached hydrogens (tertiary/aromatic N) is 1. The Bertz CT molecular complexity index is 445. The molecule has 0 radical (unpaired) electrons. The lowest BCUT2D eigenvalue weighted by molar-refractivity contribution is -0.132. The summed E-state index contributed by atoms with van der Waals surface area (Å²) in [6.45, 7) is 7.91. The van der Waals surface area contributed by atoms with Crippen LogP contribution in [0, 0.1) is 0 Å². The van der Waals surface area contributed by atoms with Crippen LogP contribution in [0.1, 0.15) is 26.3 Å². The molecule has 1 aromatic rings. The van der Waals surface area contributed by atoms with E-state index in [0.717, 1.165) is 6.42 Å². The highest BCUT2D eigenvalue weighted by molar-refractivity contribution is 5.84. The van der Waals surface area contributed by atoms with Crippen molar-refractivity contribution < 1.29 is 9.53 Å². The first kappa shape index (κ1) is 15.0. The normalized spacial score (nSPS) is 19.6. The quantitative estimate of drug-likeness (QED) is 0.861. The topological polar surface area (TPSA) is 41.6 Å². The molecule has 1 unspecified atom stereocenters. The highest BCUT2D eigenvalue weighted by Crippen LogP contribution is 2.16. The predicted molar refractivity (Wildman–Crippen MR) is 79.4 cm³/mol. The number of rotatable bonds is 6. The Morgan fingerprint density at radius 2 is 2.05 bits per heavy atom. The fourth-order valence-electron chi connectivity index (χ4n) is 2.65. The molecule has 0 aliphatic carbocycles. The van der Waals surface area contributed by atoms with Gasteiger partial charge < -0.3 is 9.64 Å². The van der Waals surface area contributed by atoms with Crippen LogP contribution in [-0.4, -0.2) is 42.3 Å². The maximum atomic E-state index is 12.4. The van der Waals surface area contributed by atoms with Gasteiger partial charge in [0.15, 0.2) is 0 Å². The molecule has 1 aliphatic heterocycles. The molecule has 0 saturated carbocycles. The Morgan fingerprint density at radius 3 is 2.70 bits per heavy atom. The van der Waals surface area contributed by atoms with Crippen LogP contribution in [0.5, 0.6) is 0 Å². The first-order valence-electron chi connectivity index (χ1n) is 7.22. The van der Waals surface area contributed by atoms with Gasteiger partial charge in [-0.3, -0.25) is 10.1 Å². The van der Waals surface area contributed by atoms with Gasteiger partial charge in [-0.1, -0.05) is 30.3 Å². The molecule has 4 heteroatoms. The van der Waals surface area contributed by atoms with E-state index in [2.05, 4.69) is 17.4 Å². The Hall–Kier alpha value is -1.39. The second-order valence-corrected chi connectivity index (χ2v) is 5.83. The van der Waals surface area contributed by atoms with Gasteiger partial charge in [0.25, 0.3) is 0 Å². The van der Waals surface area contributed by atoms with Crippen molar-refractivity contribution in [2.75, 3.05) is 19.8 Å². The Labute approximate surface area is 121 Å². The third kappa shape index (κ3) is 3.81. The molecule has 20 heavy (non-hydrogen) atoms. The molecule has 1 amide bonds. The van der Waals surface area contributed by atoms with Crippen LogP contribution in [0.4, 0.5) is 0 Å². The van der Waals surface area contributed by atoms with Crippen LogP contribution in [-0.2, 0) is 16.0 Å². The second kappa shape index (κ2) is 6.37. The Kier molecular flexibility index (Phi) is 4.78. The lowest BCUT2D eigenvalue weighted by Gasteiger charge is -2.29. The van der Waals surface area contributed by atoms with Crippen molar-refractivity contribution in [3.8, 4) is 0 Å². The van der Waals surface area contributed by atoms with E-state index in [9.17, 15) is 4.79 Å². The first-order chi connectivity index (χ1) is 9.52. The van der Waals surface area contributed by atoms with Crippen molar-refractivity contribution in [2.24, 2.45) is 0 Å². The van der Waals surface area contributed by atoms with Gasteiger partial charge in [0, 0.05) is 6.61 Å². The highest BCUT2D eigenvalue weighted by atomic mass is 16.5. The molecule has 1 atom stereocenters. The molecule has 110 valence electrons. The van der Waals surface area contributed by atoms with Gasteiger partial charge in [0.1, 0.15) is 0 Å². The fraction of sp³-hybridized carbons (Fsp3) is 0.562. The van der Waals surface area contributed by atoms with Crippen molar-refractivity contribution in [2.45, 2.75) is 38.8 Å². The van der Waals surface area contributed by atoms with Crippen LogP contribution in [0.3, 0.4) is 0 Å². The summed E-state index contributed by atoms with van der Waals surface area (Å²) in [5.41, 5.74) is 0.887. The van der Waals surface area contributed by atoms with Crippen LogP contribution >= 0.6 is 0 Å². The molecule has 1 heterocycles. The van der Waals surface area contributed by atoms with Crippen molar-refractivity contribution >= 4 is 5.91 Å². The largest absolute Gasteiger partial charge is 0.374 e. The third-order valence-electron chi connectivity index (χ3n) is 3.53. The predicted octanol–water partition coefficient (Wildman–Crippen LogP) is 1.80. The summed E-state index contributed by atoms with van der Waals surface area (Å²) in [6.07, 6.45) is 0.741. The first-order valence-corrected chi connectivity index (χ1v) is 7.22. The monoisotopic (exact) mass is 276 g/mol. The molecule has 1 fully saturated rings. The maximum absolute atomic E-state index is 12.4. The van der Waals surface area contributed by atoms with E-state index in [1.165, 1.54) is 5.56 Å². The number of carbonyl (C=O) groups is 1. The maximum Gasteiger partial charge on any atom is 0.241 e. The fourth-order valence-corrected chi connectivity index (χ4v) is 2.65. The number of nitrogens with one attached hydrogen (secondary N) is 1. The van der Waals surface area contributed by atoms with Crippen LogP contribution in [0.15, 0.2) is 30.3 Å². The van der Waals surface area contributed by atoms with Gasteiger partial charge >= 0.3 is 0 Å². The second-order valence-electron chi connectivity index (χ2n) is 5.83. The summed E-state index contributed by atoms with van der Waals surface area (Å²) in [4.78, 5) is 14.3. The van der Waals surface area contributed by atoms with E-state index in [0.29, 0.717) is 19.8 Å². The smallest absolute Gasteiger partial charge is 0.241 e. The van der Waals surface area contributed by atoms with Gasteiger partial charge in [-0.25, -0.2) is 0 Å². The lowest BCUT2D eigenvalue weighted by atomic mass is 10.1. The molecule has 0 bridgehead atoms. The molecule has 1 saturated heterocycles. The molecule has 2 rings (SSSR count). The SMILES string of the molecule is CCOC(C)(C)CN1CNC(Cc2ccccc2)C1=O. The minimum atomic E-state index is -0.298. The van der Waals surface area contributed by atoms with E-state index < -0.39 is 0 Å². The summed E-state index contributed by atoms with van der Waals surface area (Å²) in [7, 11) is 0. The highest BCUT2D eigenvalue weighted by Gasteiger charge is 2.34. The van der Waals surface area contributed by atoms with Crippen LogP contribution < -0.4 is 5.32 Å². The van der Waals surface area contributed by atoms with E-state index in [1.807, 2.05) is 43.9 Å². The molecular formula is C16H24N2O2. The summed E-state index contributed by atoms with van der Waals surface area (Å²) in [6, 6.07) is 10.00. The zero-order chi connectivity index (χ0) is 14.6. The standard InChI is InChI=1S/C16H24N2O2/c1-4-20-16(2,3)11-18-12-17-14(15(18)19)10-13-8-6-5-7-9-13/h5-9,14,17H,4,10-12H2,1-3H3. The summed E-state index contributed by atoms with van der Waals surface area (Å²) in [5.74, 6) is 0.168. The van der Waals surface area contributed by atoms with Crippen LogP contribution in [0.2, 0.25) is 0 Å². The number of carbonyl (C=O) groups excluding carboxylic acids is 1. The molecule has 4 nitrogen and oxygen atoms in total. The minimum absolute atomic E-state index is 0.116. The van der Waals surface area contributed by atoms with Crippen molar-refractivity contribution in [3.05, 3.63) is 35.9 Å². The molecule has 0 aromatic heterocycles. The number of amides is 1. The van der Waals surface area contributed by atoms with Gasteiger partial charge in [-0.15, -0.1) is 0 Å². The molecule has 0 spiro atoms. The number of benzene rings is 1. The average molecular weight is 276 g/mol. The average Bonchev–Trinajstić information content (AvgIpc) is 2.72. The number of hydrogen-bond donors (Lipinski definition) is 1. The van der Waals surface area contributed by atoms with E-state index in [-0.39, 0.29) is 17.6 Å².